The van der Waals surface area contributed by atoms with Crippen LogP contribution in [-0.4, -0.2) is 5.05 Å². The van der Waals surface area contributed by atoms with Gasteiger partial charge in [0.1, 0.15) is 5.76 Å². The molecule has 0 fully saturated rings. The number of benzene rings is 2. The minimum atomic E-state index is 0.515. The topological polar surface area (TPSA) is 9.23 Å². The molecule has 2 rings (SSSR count). The molecule has 18 heavy (non-hydrogen) atoms. The lowest BCUT2D eigenvalue weighted by atomic mass is 10.1. The first-order chi connectivity index (χ1) is 8.75. The molecule has 0 aliphatic carbocycles. The number of thiocarbonyl (C=S) groups is 1. The SMILES string of the molecule is CC(=S)OC(=Cc1ccccc1)c1ccccc1. The summed E-state index contributed by atoms with van der Waals surface area (Å²) in [7, 11) is 0. The minimum absolute atomic E-state index is 0.515. The molecule has 0 heterocycles. The summed E-state index contributed by atoms with van der Waals surface area (Å²) >= 11 is 5.02. The Kier molecular flexibility index (Phi) is 4.26. The minimum Gasteiger partial charge on any atom is -0.450 e. The van der Waals surface area contributed by atoms with Crippen LogP contribution in [0.4, 0.5) is 0 Å². The van der Waals surface area contributed by atoms with Crippen LogP contribution in [0.3, 0.4) is 0 Å². The molecule has 2 heteroatoms. The third-order valence-electron chi connectivity index (χ3n) is 2.41. The summed E-state index contributed by atoms with van der Waals surface area (Å²) in [6.45, 7) is 1.77. The summed E-state index contributed by atoms with van der Waals surface area (Å²) in [5.74, 6) is 0.773. The maximum Gasteiger partial charge on any atom is 0.164 e. The predicted molar refractivity (Wildman–Crippen MR) is 80.1 cm³/mol. The van der Waals surface area contributed by atoms with Crippen molar-refractivity contribution in [3.8, 4) is 0 Å². The molecular formula is C16H14OS. The highest BCUT2D eigenvalue weighted by molar-refractivity contribution is 7.80. The van der Waals surface area contributed by atoms with Gasteiger partial charge in [0, 0.05) is 12.5 Å². The van der Waals surface area contributed by atoms with Gasteiger partial charge >= 0.3 is 0 Å². The zero-order valence-electron chi connectivity index (χ0n) is 10.2. The summed E-state index contributed by atoms with van der Waals surface area (Å²) < 4.78 is 5.63. The average Bonchev–Trinajstić information content (AvgIpc) is 2.40. The molecule has 0 radical (unpaired) electrons. The second kappa shape index (κ2) is 6.12. The van der Waals surface area contributed by atoms with E-state index in [4.69, 9.17) is 17.0 Å². The fraction of sp³-hybridized carbons (Fsp3) is 0.0625. The predicted octanol–water partition coefficient (Wildman–Crippen LogP) is 4.55. The Balaban J connectivity index is 2.37. The van der Waals surface area contributed by atoms with Crippen molar-refractivity contribution >= 4 is 29.1 Å². The summed E-state index contributed by atoms with van der Waals surface area (Å²) in [6.07, 6.45) is 1.99. The molecule has 0 saturated heterocycles. The highest BCUT2D eigenvalue weighted by atomic mass is 32.1. The fourth-order valence-corrected chi connectivity index (χ4v) is 1.72. The summed E-state index contributed by atoms with van der Waals surface area (Å²) in [6, 6.07) is 20.0. The van der Waals surface area contributed by atoms with Gasteiger partial charge in [-0.15, -0.1) is 0 Å². The van der Waals surface area contributed by atoms with Crippen LogP contribution in [0, 0.1) is 0 Å². The van der Waals surface area contributed by atoms with E-state index in [0.29, 0.717) is 5.05 Å². The normalized spacial score (nSPS) is 11.1. The lowest BCUT2D eigenvalue weighted by Gasteiger charge is -2.09. The maximum atomic E-state index is 5.63. The highest BCUT2D eigenvalue weighted by Gasteiger charge is 2.03. The van der Waals surface area contributed by atoms with Gasteiger partial charge < -0.3 is 4.74 Å². The first kappa shape index (κ1) is 12.5. The van der Waals surface area contributed by atoms with E-state index in [9.17, 15) is 0 Å². The van der Waals surface area contributed by atoms with Crippen molar-refractivity contribution in [2.24, 2.45) is 0 Å². The lowest BCUT2D eigenvalue weighted by Crippen LogP contribution is -1.96. The van der Waals surface area contributed by atoms with Gasteiger partial charge in [-0.25, -0.2) is 0 Å². The van der Waals surface area contributed by atoms with Crippen LogP contribution in [0.2, 0.25) is 0 Å². The van der Waals surface area contributed by atoms with Crippen LogP contribution < -0.4 is 0 Å². The van der Waals surface area contributed by atoms with Gasteiger partial charge in [-0.1, -0.05) is 60.7 Å². The van der Waals surface area contributed by atoms with Crippen LogP contribution in [0.15, 0.2) is 60.7 Å². The van der Waals surface area contributed by atoms with E-state index in [1.165, 1.54) is 0 Å². The maximum absolute atomic E-state index is 5.63. The van der Waals surface area contributed by atoms with Gasteiger partial charge in [-0.05, 0) is 23.9 Å². The molecular weight excluding hydrogens is 240 g/mol. The van der Waals surface area contributed by atoms with E-state index in [-0.39, 0.29) is 0 Å². The quantitative estimate of drug-likeness (QED) is 0.451. The Bertz CT molecular complexity index is 544. The molecule has 90 valence electrons. The zero-order chi connectivity index (χ0) is 12.8. The van der Waals surface area contributed by atoms with Gasteiger partial charge in [0.15, 0.2) is 5.05 Å². The van der Waals surface area contributed by atoms with Crippen LogP contribution in [0.5, 0.6) is 0 Å². The second-order valence-electron chi connectivity index (χ2n) is 3.88. The average molecular weight is 254 g/mol. The number of hydrogen-bond acceptors (Lipinski definition) is 2. The Morgan fingerprint density at radius 2 is 1.50 bits per heavy atom. The van der Waals surface area contributed by atoms with E-state index in [1.54, 1.807) is 6.92 Å². The monoisotopic (exact) mass is 254 g/mol. The third kappa shape index (κ3) is 3.54. The third-order valence-corrected chi connectivity index (χ3v) is 2.49. The first-order valence-electron chi connectivity index (χ1n) is 5.76. The van der Waals surface area contributed by atoms with Gasteiger partial charge in [0.05, 0.1) is 0 Å². The molecule has 0 aliphatic rings. The van der Waals surface area contributed by atoms with E-state index < -0.39 is 0 Å². The molecule has 0 aliphatic heterocycles. The van der Waals surface area contributed by atoms with E-state index in [2.05, 4.69) is 0 Å². The molecule has 0 atom stereocenters. The van der Waals surface area contributed by atoms with Crippen molar-refractivity contribution in [1.82, 2.24) is 0 Å². The summed E-state index contributed by atoms with van der Waals surface area (Å²) in [5, 5.41) is 0.515. The Hall–Kier alpha value is -1.93. The standard InChI is InChI=1S/C16H14OS/c1-13(18)17-16(15-10-6-3-7-11-15)12-14-8-4-2-5-9-14/h2-12H,1H3. The largest absolute Gasteiger partial charge is 0.450 e. The first-order valence-corrected chi connectivity index (χ1v) is 6.17. The summed E-state index contributed by atoms with van der Waals surface area (Å²) in [5.41, 5.74) is 2.11. The molecule has 2 aromatic rings. The van der Waals surface area contributed by atoms with Crippen LogP contribution in [-0.2, 0) is 4.74 Å². The van der Waals surface area contributed by atoms with Gasteiger partial charge in [0.2, 0.25) is 0 Å². The smallest absolute Gasteiger partial charge is 0.164 e. The van der Waals surface area contributed by atoms with Crippen molar-refractivity contribution < 1.29 is 4.74 Å². The lowest BCUT2D eigenvalue weighted by molar-refractivity contribution is 0.520. The Labute approximate surface area is 113 Å². The summed E-state index contributed by atoms with van der Waals surface area (Å²) in [4.78, 5) is 0. The van der Waals surface area contributed by atoms with Crippen molar-refractivity contribution in [3.63, 3.8) is 0 Å². The molecule has 2 aromatic carbocycles. The second-order valence-corrected chi connectivity index (χ2v) is 4.45. The van der Waals surface area contributed by atoms with Crippen molar-refractivity contribution in [2.75, 3.05) is 0 Å². The highest BCUT2D eigenvalue weighted by Crippen LogP contribution is 2.19. The molecule has 0 amide bonds. The van der Waals surface area contributed by atoms with Crippen LogP contribution >= 0.6 is 12.2 Å². The molecule has 0 saturated carbocycles. The number of hydrogen-bond donors (Lipinski definition) is 0. The van der Waals surface area contributed by atoms with Crippen molar-refractivity contribution in [2.45, 2.75) is 6.92 Å². The Morgan fingerprint density at radius 1 is 0.944 bits per heavy atom. The van der Waals surface area contributed by atoms with Crippen molar-refractivity contribution in [1.29, 1.82) is 0 Å². The Morgan fingerprint density at radius 3 is 2.06 bits per heavy atom. The molecule has 0 spiro atoms. The fourth-order valence-electron chi connectivity index (χ4n) is 1.63. The van der Waals surface area contributed by atoms with E-state index in [0.717, 1.165) is 16.9 Å². The molecule has 0 unspecified atom stereocenters. The van der Waals surface area contributed by atoms with Crippen LogP contribution in [0.25, 0.3) is 11.8 Å². The van der Waals surface area contributed by atoms with E-state index in [1.807, 2.05) is 66.7 Å². The van der Waals surface area contributed by atoms with Gasteiger partial charge in [0.25, 0.3) is 0 Å². The number of rotatable bonds is 3. The zero-order valence-corrected chi connectivity index (χ0v) is 11.0. The van der Waals surface area contributed by atoms with E-state index >= 15 is 0 Å². The van der Waals surface area contributed by atoms with Gasteiger partial charge in [-0.2, -0.15) is 0 Å². The number of ether oxygens (including phenoxy) is 1. The van der Waals surface area contributed by atoms with Crippen LogP contribution in [0.1, 0.15) is 18.1 Å². The van der Waals surface area contributed by atoms with Crippen molar-refractivity contribution in [3.05, 3.63) is 71.8 Å². The molecule has 1 nitrogen and oxygen atoms in total. The molecule has 0 aromatic heterocycles. The van der Waals surface area contributed by atoms with Gasteiger partial charge in [-0.3, -0.25) is 0 Å². The molecule has 0 bridgehead atoms. The molecule has 0 N–H and O–H groups in total.